The molecule has 1 aromatic rings. The maximum absolute atomic E-state index is 8.72. The molecule has 3 nitrogen and oxygen atoms in total. The van der Waals surface area contributed by atoms with Gasteiger partial charge in [-0.25, -0.2) is 0 Å². The number of aliphatic hydroxyl groups excluding tert-OH is 1. The molecule has 0 atom stereocenters. The molecular formula is C15H25NO2. The van der Waals surface area contributed by atoms with Crippen molar-refractivity contribution in [3.63, 3.8) is 0 Å². The summed E-state index contributed by atoms with van der Waals surface area (Å²) >= 11 is 0. The normalized spacial score (nSPS) is 10.7. The summed E-state index contributed by atoms with van der Waals surface area (Å²) in [4.78, 5) is 0. The fraction of sp³-hybridized carbons (Fsp3) is 0.600. The highest BCUT2D eigenvalue weighted by atomic mass is 16.5. The van der Waals surface area contributed by atoms with E-state index in [0.29, 0.717) is 0 Å². The number of benzene rings is 1. The molecule has 0 bridgehead atoms. The lowest BCUT2D eigenvalue weighted by atomic mass is 9.97. The molecule has 0 unspecified atom stereocenters. The number of unbranched alkanes of at least 4 members (excludes halogenated alkanes) is 1. The summed E-state index contributed by atoms with van der Waals surface area (Å²) < 4.78 is 5.37. The van der Waals surface area contributed by atoms with Gasteiger partial charge in [-0.2, -0.15) is 0 Å². The molecule has 0 spiro atoms. The van der Waals surface area contributed by atoms with Crippen LogP contribution in [0.2, 0.25) is 0 Å². The van der Waals surface area contributed by atoms with Crippen LogP contribution in [0.3, 0.4) is 0 Å². The van der Waals surface area contributed by atoms with Gasteiger partial charge in [0, 0.05) is 13.2 Å². The fourth-order valence-electron chi connectivity index (χ4n) is 2.16. The van der Waals surface area contributed by atoms with Crippen LogP contribution in [-0.2, 0) is 6.54 Å². The maximum Gasteiger partial charge on any atom is 0.122 e. The third kappa shape index (κ3) is 3.72. The Balaban J connectivity index is 2.68. The van der Waals surface area contributed by atoms with E-state index in [9.17, 15) is 0 Å². The Kier molecular flexibility index (Phi) is 6.16. The average Bonchev–Trinajstić information content (AvgIpc) is 2.37. The van der Waals surface area contributed by atoms with Crippen molar-refractivity contribution in [2.24, 2.45) is 0 Å². The lowest BCUT2D eigenvalue weighted by Crippen LogP contribution is -2.17. The summed E-state index contributed by atoms with van der Waals surface area (Å²) in [5.74, 6) is 0.967. The van der Waals surface area contributed by atoms with Crippen LogP contribution in [0, 0.1) is 20.8 Å². The van der Waals surface area contributed by atoms with Crippen molar-refractivity contribution in [3.05, 3.63) is 28.3 Å². The second-order valence-electron chi connectivity index (χ2n) is 4.73. The molecule has 3 heteroatoms. The number of hydrogen-bond acceptors (Lipinski definition) is 3. The maximum atomic E-state index is 8.72. The van der Waals surface area contributed by atoms with Gasteiger partial charge < -0.3 is 15.2 Å². The third-order valence-corrected chi connectivity index (χ3v) is 3.49. The molecule has 0 amide bonds. The molecule has 0 fully saturated rings. The van der Waals surface area contributed by atoms with E-state index in [0.717, 1.165) is 31.7 Å². The van der Waals surface area contributed by atoms with Crippen LogP contribution in [0.1, 0.15) is 35.1 Å². The Morgan fingerprint density at radius 2 is 1.89 bits per heavy atom. The van der Waals surface area contributed by atoms with E-state index in [1.807, 2.05) is 0 Å². The first kappa shape index (κ1) is 15.0. The molecule has 0 aliphatic heterocycles. The molecule has 2 N–H and O–H groups in total. The monoisotopic (exact) mass is 251 g/mol. The molecule has 1 aromatic carbocycles. The zero-order valence-electron chi connectivity index (χ0n) is 12.0. The van der Waals surface area contributed by atoms with Crippen LogP contribution in [-0.4, -0.2) is 25.4 Å². The number of nitrogens with one attached hydrogen (secondary N) is 1. The van der Waals surface area contributed by atoms with E-state index in [1.54, 1.807) is 7.11 Å². The SMILES string of the molecule is COc1cc(C)c(CNCCCCO)c(C)c1C. The van der Waals surface area contributed by atoms with Crippen LogP contribution in [0.15, 0.2) is 6.07 Å². The molecule has 0 heterocycles. The molecule has 0 saturated heterocycles. The molecule has 0 saturated carbocycles. The van der Waals surface area contributed by atoms with E-state index >= 15 is 0 Å². The molecule has 18 heavy (non-hydrogen) atoms. The average molecular weight is 251 g/mol. The number of hydrogen-bond donors (Lipinski definition) is 2. The van der Waals surface area contributed by atoms with Gasteiger partial charge >= 0.3 is 0 Å². The Morgan fingerprint density at radius 3 is 2.50 bits per heavy atom. The summed E-state index contributed by atoms with van der Waals surface area (Å²) in [5.41, 5.74) is 5.15. The smallest absolute Gasteiger partial charge is 0.122 e. The van der Waals surface area contributed by atoms with Gasteiger partial charge in [0.05, 0.1) is 7.11 Å². The lowest BCUT2D eigenvalue weighted by Gasteiger charge is -2.16. The van der Waals surface area contributed by atoms with Crippen molar-refractivity contribution in [2.75, 3.05) is 20.3 Å². The van der Waals surface area contributed by atoms with Gasteiger partial charge in [0.15, 0.2) is 0 Å². The van der Waals surface area contributed by atoms with Crippen molar-refractivity contribution in [1.82, 2.24) is 5.32 Å². The summed E-state index contributed by atoms with van der Waals surface area (Å²) in [7, 11) is 1.72. The van der Waals surface area contributed by atoms with E-state index in [1.165, 1.54) is 22.3 Å². The highest BCUT2D eigenvalue weighted by Crippen LogP contribution is 2.27. The summed E-state index contributed by atoms with van der Waals surface area (Å²) in [6, 6.07) is 2.10. The zero-order chi connectivity index (χ0) is 13.5. The van der Waals surface area contributed by atoms with Crippen LogP contribution >= 0.6 is 0 Å². The minimum Gasteiger partial charge on any atom is -0.496 e. The van der Waals surface area contributed by atoms with E-state index in [2.05, 4.69) is 32.2 Å². The van der Waals surface area contributed by atoms with Crippen LogP contribution < -0.4 is 10.1 Å². The quantitative estimate of drug-likeness (QED) is 0.732. The minimum atomic E-state index is 0.279. The van der Waals surface area contributed by atoms with Crippen LogP contribution in [0.25, 0.3) is 0 Å². The summed E-state index contributed by atoms with van der Waals surface area (Å²) in [5, 5.41) is 12.2. The zero-order valence-corrected chi connectivity index (χ0v) is 12.0. The van der Waals surface area contributed by atoms with Crippen molar-refractivity contribution in [3.8, 4) is 5.75 Å². The lowest BCUT2D eigenvalue weighted by molar-refractivity contribution is 0.283. The molecule has 0 aliphatic rings. The van der Waals surface area contributed by atoms with Crippen LogP contribution in [0.4, 0.5) is 0 Å². The number of ether oxygens (including phenoxy) is 1. The van der Waals surface area contributed by atoms with Crippen molar-refractivity contribution in [2.45, 2.75) is 40.2 Å². The number of methoxy groups -OCH3 is 1. The van der Waals surface area contributed by atoms with E-state index in [4.69, 9.17) is 9.84 Å². The van der Waals surface area contributed by atoms with E-state index in [-0.39, 0.29) is 6.61 Å². The van der Waals surface area contributed by atoms with Gasteiger partial charge in [0.25, 0.3) is 0 Å². The van der Waals surface area contributed by atoms with Gasteiger partial charge in [-0.1, -0.05) is 0 Å². The highest BCUT2D eigenvalue weighted by molar-refractivity contribution is 5.48. The van der Waals surface area contributed by atoms with Gasteiger partial charge in [-0.3, -0.25) is 0 Å². The predicted molar refractivity (Wildman–Crippen MR) is 75.2 cm³/mol. The molecular weight excluding hydrogens is 226 g/mol. The largest absolute Gasteiger partial charge is 0.496 e. The second-order valence-corrected chi connectivity index (χ2v) is 4.73. The highest BCUT2D eigenvalue weighted by Gasteiger charge is 2.09. The summed E-state index contributed by atoms with van der Waals surface area (Å²) in [6.07, 6.45) is 1.89. The predicted octanol–water partition coefficient (Wildman–Crippen LogP) is 2.48. The first-order chi connectivity index (χ1) is 8.61. The Labute approximate surface area is 110 Å². The first-order valence-corrected chi connectivity index (χ1v) is 6.57. The molecule has 1 rings (SSSR count). The molecule has 102 valence electrons. The van der Waals surface area contributed by atoms with Crippen molar-refractivity contribution < 1.29 is 9.84 Å². The van der Waals surface area contributed by atoms with E-state index < -0.39 is 0 Å². The summed E-state index contributed by atoms with van der Waals surface area (Å²) in [6.45, 7) is 8.48. The molecule has 0 aliphatic carbocycles. The van der Waals surface area contributed by atoms with Gasteiger partial charge in [-0.15, -0.1) is 0 Å². The minimum absolute atomic E-state index is 0.279. The third-order valence-electron chi connectivity index (χ3n) is 3.49. The van der Waals surface area contributed by atoms with Crippen molar-refractivity contribution >= 4 is 0 Å². The Morgan fingerprint density at radius 1 is 1.17 bits per heavy atom. The number of rotatable bonds is 7. The second kappa shape index (κ2) is 7.39. The van der Waals surface area contributed by atoms with Gasteiger partial charge in [0.1, 0.15) is 5.75 Å². The molecule has 0 radical (unpaired) electrons. The Hall–Kier alpha value is -1.06. The van der Waals surface area contributed by atoms with Gasteiger partial charge in [0.2, 0.25) is 0 Å². The van der Waals surface area contributed by atoms with Crippen LogP contribution in [0.5, 0.6) is 5.75 Å². The standard InChI is InChI=1S/C15H25NO2/c1-11-9-15(18-4)13(3)12(2)14(11)10-16-7-5-6-8-17/h9,16-17H,5-8,10H2,1-4H3. The van der Waals surface area contributed by atoms with Gasteiger partial charge in [-0.05, 0) is 68.5 Å². The first-order valence-electron chi connectivity index (χ1n) is 6.57. The number of aliphatic hydroxyl groups is 1. The fourth-order valence-corrected chi connectivity index (χ4v) is 2.16. The van der Waals surface area contributed by atoms with Crippen molar-refractivity contribution in [1.29, 1.82) is 0 Å². The molecule has 0 aromatic heterocycles. The number of aryl methyl sites for hydroxylation is 1. The topological polar surface area (TPSA) is 41.5 Å². The Bertz CT molecular complexity index is 389.